The Morgan fingerprint density at radius 3 is 2.97 bits per heavy atom. The number of carbonyl (C=O) groups is 1. The molecule has 8 nitrogen and oxygen atoms in total. The van der Waals surface area contributed by atoms with Crippen LogP contribution in [0, 0.1) is 17.7 Å². The Bertz CT molecular complexity index is 1550. The number of anilines is 2. The van der Waals surface area contributed by atoms with Crippen molar-refractivity contribution in [2.75, 3.05) is 18.4 Å². The van der Waals surface area contributed by atoms with Crippen molar-refractivity contribution in [3.63, 3.8) is 0 Å². The van der Waals surface area contributed by atoms with Crippen LogP contribution in [-0.2, 0) is 11.3 Å². The molecule has 2 atom stereocenters. The molecule has 1 fully saturated rings. The van der Waals surface area contributed by atoms with Gasteiger partial charge in [0, 0.05) is 25.2 Å². The van der Waals surface area contributed by atoms with Gasteiger partial charge in [-0.05, 0) is 48.9 Å². The monoisotopic (exact) mass is 565 g/mol. The lowest BCUT2D eigenvalue weighted by atomic mass is 10.2. The number of ether oxygens (including phenoxy) is 2. The van der Waals surface area contributed by atoms with Crippen molar-refractivity contribution in [2.24, 2.45) is 0 Å². The predicted molar refractivity (Wildman–Crippen MR) is 150 cm³/mol. The molecule has 5 rings (SSSR count). The highest BCUT2D eigenvalue weighted by atomic mass is 35.5. The largest absolute Gasteiger partial charge is 0.487 e. The molecule has 200 valence electrons. The van der Waals surface area contributed by atoms with Gasteiger partial charge < -0.3 is 20.1 Å². The van der Waals surface area contributed by atoms with Crippen LogP contribution in [-0.4, -0.2) is 41.3 Å². The fourth-order valence-electron chi connectivity index (χ4n) is 4.04. The molecular weight excluding hydrogens is 541 g/mol. The molecule has 0 bridgehead atoms. The SMILES string of the molecule is CCNC(=O)O[C@H]1CN[C@@H](C#Cc2cc3c(Nc4ccc(OCc5cccc(F)c5)c(Cl)c4)ncnc3s2)C1. The third kappa shape index (κ3) is 6.95. The molecule has 1 aliphatic heterocycles. The number of carbonyl (C=O) groups excluding carboxylic acids is 1. The first kappa shape index (κ1) is 26.7. The van der Waals surface area contributed by atoms with Gasteiger partial charge in [-0.1, -0.05) is 35.6 Å². The van der Waals surface area contributed by atoms with E-state index in [4.69, 9.17) is 21.1 Å². The molecule has 11 heteroatoms. The molecule has 1 aliphatic rings. The highest BCUT2D eigenvalue weighted by Gasteiger charge is 2.25. The third-order valence-corrected chi connectivity index (χ3v) is 7.12. The summed E-state index contributed by atoms with van der Waals surface area (Å²) in [5, 5.41) is 10.5. The summed E-state index contributed by atoms with van der Waals surface area (Å²) >= 11 is 7.92. The zero-order valence-electron chi connectivity index (χ0n) is 21.0. The summed E-state index contributed by atoms with van der Waals surface area (Å²) < 4.78 is 24.5. The standard InChI is InChI=1S/C28H25ClFN5O3S/c1-2-31-28(36)38-21-11-19(32-14-21)6-8-22-13-23-26(33-16-34-27(23)39-22)35-20-7-9-25(24(29)12-20)37-15-17-4-3-5-18(30)10-17/h3-5,7,9-10,12-13,16,19,21,32H,2,11,14-15H2,1H3,(H,31,36)(H,33,34,35)/t19-,21+/m0/s1. The maximum atomic E-state index is 13.4. The second-order valence-corrected chi connectivity index (χ2v) is 10.2. The number of amides is 1. The van der Waals surface area contributed by atoms with Crippen molar-refractivity contribution in [3.05, 3.63) is 76.1 Å². The van der Waals surface area contributed by atoms with E-state index in [1.54, 1.807) is 24.3 Å². The van der Waals surface area contributed by atoms with Gasteiger partial charge in [-0.25, -0.2) is 19.2 Å². The van der Waals surface area contributed by atoms with Crippen LogP contribution in [0.25, 0.3) is 10.2 Å². The van der Waals surface area contributed by atoms with Gasteiger partial charge in [-0.15, -0.1) is 11.3 Å². The van der Waals surface area contributed by atoms with Gasteiger partial charge in [0.15, 0.2) is 0 Å². The van der Waals surface area contributed by atoms with Crippen LogP contribution in [0.4, 0.5) is 20.7 Å². The van der Waals surface area contributed by atoms with Crippen molar-refractivity contribution in [1.82, 2.24) is 20.6 Å². The molecule has 0 unspecified atom stereocenters. The van der Waals surface area contributed by atoms with Gasteiger partial charge in [0.2, 0.25) is 0 Å². The molecule has 0 aliphatic carbocycles. The van der Waals surface area contributed by atoms with E-state index in [0.717, 1.165) is 20.8 Å². The molecule has 3 heterocycles. The van der Waals surface area contributed by atoms with E-state index in [2.05, 4.69) is 37.8 Å². The van der Waals surface area contributed by atoms with Crippen LogP contribution in [0.5, 0.6) is 5.75 Å². The number of rotatable bonds is 7. The Hall–Kier alpha value is -3.91. The molecule has 39 heavy (non-hydrogen) atoms. The number of nitrogens with one attached hydrogen (secondary N) is 3. The van der Waals surface area contributed by atoms with E-state index in [1.807, 2.05) is 19.1 Å². The van der Waals surface area contributed by atoms with Gasteiger partial charge in [-0.2, -0.15) is 0 Å². The van der Waals surface area contributed by atoms with Crippen LogP contribution in [0.1, 0.15) is 23.8 Å². The fraction of sp³-hybridized carbons (Fsp3) is 0.250. The summed E-state index contributed by atoms with van der Waals surface area (Å²) in [5.41, 5.74) is 1.44. The van der Waals surface area contributed by atoms with Crippen molar-refractivity contribution in [1.29, 1.82) is 0 Å². The van der Waals surface area contributed by atoms with Crippen molar-refractivity contribution >= 4 is 50.8 Å². The molecule has 1 saturated heterocycles. The molecular formula is C28H25ClFN5O3S. The van der Waals surface area contributed by atoms with Crippen molar-refractivity contribution < 1.29 is 18.7 Å². The molecule has 0 spiro atoms. The summed E-state index contributed by atoms with van der Waals surface area (Å²) in [6, 6.07) is 13.5. The second-order valence-electron chi connectivity index (χ2n) is 8.76. The first-order valence-electron chi connectivity index (χ1n) is 12.3. The molecule has 2 aromatic carbocycles. The third-order valence-electron chi connectivity index (χ3n) is 5.86. The summed E-state index contributed by atoms with van der Waals surface area (Å²) in [7, 11) is 0. The van der Waals surface area contributed by atoms with E-state index in [1.165, 1.54) is 29.8 Å². The van der Waals surface area contributed by atoms with E-state index in [0.29, 0.717) is 41.7 Å². The quantitative estimate of drug-likeness (QED) is 0.250. The Balaban J connectivity index is 1.24. The average Bonchev–Trinajstić information content (AvgIpc) is 3.54. The van der Waals surface area contributed by atoms with Crippen LogP contribution in [0.2, 0.25) is 5.02 Å². The van der Waals surface area contributed by atoms with Gasteiger partial charge in [0.05, 0.1) is 21.3 Å². The summed E-state index contributed by atoms with van der Waals surface area (Å²) in [5.74, 6) is 7.23. The van der Waals surface area contributed by atoms with Crippen LogP contribution in [0.15, 0.2) is 54.9 Å². The van der Waals surface area contributed by atoms with Crippen LogP contribution < -0.4 is 20.7 Å². The Morgan fingerprint density at radius 2 is 2.15 bits per heavy atom. The van der Waals surface area contributed by atoms with Gasteiger partial charge in [0.1, 0.15) is 41.3 Å². The Morgan fingerprint density at radius 1 is 1.26 bits per heavy atom. The van der Waals surface area contributed by atoms with Gasteiger partial charge >= 0.3 is 6.09 Å². The number of fused-ring (bicyclic) bond motifs is 1. The molecule has 4 aromatic rings. The minimum absolute atomic E-state index is 0.0675. The number of benzene rings is 2. The zero-order valence-corrected chi connectivity index (χ0v) is 22.5. The summed E-state index contributed by atoms with van der Waals surface area (Å²) in [6.45, 7) is 3.14. The summed E-state index contributed by atoms with van der Waals surface area (Å²) in [4.78, 5) is 22.1. The maximum absolute atomic E-state index is 13.4. The van der Waals surface area contributed by atoms with Gasteiger partial charge in [-0.3, -0.25) is 5.32 Å². The smallest absolute Gasteiger partial charge is 0.407 e. The zero-order chi connectivity index (χ0) is 27.2. The first-order valence-corrected chi connectivity index (χ1v) is 13.5. The van der Waals surface area contributed by atoms with Gasteiger partial charge in [0.25, 0.3) is 0 Å². The number of thiophene rings is 1. The number of halogens is 2. The Kier molecular flexibility index (Phi) is 8.42. The number of alkyl carbamates (subject to hydrolysis) is 1. The Labute approximate surface area is 233 Å². The average molecular weight is 566 g/mol. The number of nitrogens with zero attached hydrogens (tertiary/aromatic N) is 2. The predicted octanol–water partition coefficient (Wildman–Crippen LogP) is 5.63. The van der Waals surface area contributed by atoms with E-state index < -0.39 is 6.09 Å². The number of hydrogen-bond donors (Lipinski definition) is 3. The van der Waals surface area contributed by atoms with E-state index >= 15 is 0 Å². The topological polar surface area (TPSA) is 97.4 Å². The molecule has 2 aromatic heterocycles. The van der Waals surface area contributed by atoms with Crippen LogP contribution >= 0.6 is 22.9 Å². The number of hydrogen-bond acceptors (Lipinski definition) is 8. The lowest BCUT2D eigenvalue weighted by Gasteiger charge is -2.11. The number of aromatic nitrogens is 2. The highest BCUT2D eigenvalue weighted by Crippen LogP contribution is 2.33. The van der Waals surface area contributed by atoms with Crippen LogP contribution in [0.3, 0.4) is 0 Å². The molecule has 0 saturated carbocycles. The highest BCUT2D eigenvalue weighted by molar-refractivity contribution is 7.19. The minimum Gasteiger partial charge on any atom is -0.487 e. The molecule has 0 radical (unpaired) electrons. The minimum atomic E-state index is -0.409. The molecule has 1 amide bonds. The van der Waals surface area contributed by atoms with Crippen molar-refractivity contribution in [3.8, 4) is 17.6 Å². The molecule has 3 N–H and O–H groups in total. The lowest BCUT2D eigenvalue weighted by Crippen LogP contribution is -2.29. The summed E-state index contributed by atoms with van der Waals surface area (Å²) in [6.07, 6.45) is 1.51. The first-order chi connectivity index (χ1) is 19.0. The lowest BCUT2D eigenvalue weighted by molar-refractivity contribution is 0.107. The van der Waals surface area contributed by atoms with E-state index in [9.17, 15) is 9.18 Å². The van der Waals surface area contributed by atoms with E-state index in [-0.39, 0.29) is 24.6 Å². The van der Waals surface area contributed by atoms with Crippen molar-refractivity contribution in [2.45, 2.75) is 32.1 Å². The fourth-order valence-corrected chi connectivity index (χ4v) is 5.13. The maximum Gasteiger partial charge on any atom is 0.407 e. The normalized spacial score (nSPS) is 16.4. The second kappa shape index (κ2) is 12.3.